The van der Waals surface area contributed by atoms with Crippen molar-refractivity contribution in [1.82, 2.24) is 0 Å². The van der Waals surface area contributed by atoms with E-state index in [1.807, 2.05) is 0 Å². The molecule has 0 bridgehead atoms. The first kappa shape index (κ1) is 18.5. The normalized spacial score (nSPS) is 20.7. The van der Waals surface area contributed by atoms with Gasteiger partial charge < -0.3 is 4.43 Å². The van der Waals surface area contributed by atoms with Crippen molar-refractivity contribution < 1.29 is 4.43 Å². The topological polar surface area (TPSA) is 9.23 Å². The van der Waals surface area contributed by atoms with E-state index in [0.717, 1.165) is 0 Å². The third-order valence-electron chi connectivity index (χ3n) is 5.49. The number of rotatable bonds is 3. The first-order valence-electron chi connectivity index (χ1n) is 9.20. The van der Waals surface area contributed by atoms with E-state index in [2.05, 4.69) is 70.3 Å². The van der Waals surface area contributed by atoms with Crippen LogP contribution in [-0.2, 0) is 4.43 Å². The highest BCUT2D eigenvalue weighted by atomic mass is 28.4. The van der Waals surface area contributed by atoms with Gasteiger partial charge in [-0.1, -0.05) is 62.8 Å². The Morgan fingerprint density at radius 2 is 1.57 bits per heavy atom. The minimum Gasteiger partial charge on any atom is -0.414 e. The molecule has 1 aliphatic carbocycles. The molecular weight excluding hydrogens is 296 g/mol. The van der Waals surface area contributed by atoms with Gasteiger partial charge in [-0.3, -0.25) is 0 Å². The molecule has 1 aromatic rings. The van der Waals surface area contributed by atoms with Crippen LogP contribution in [0.5, 0.6) is 0 Å². The zero-order valence-corrected chi connectivity index (χ0v) is 16.7. The first-order chi connectivity index (χ1) is 10.8. The summed E-state index contributed by atoms with van der Waals surface area (Å²) in [4.78, 5) is 0. The largest absolute Gasteiger partial charge is 0.414 e. The Morgan fingerprint density at radius 3 is 2.09 bits per heavy atom. The van der Waals surface area contributed by atoms with Gasteiger partial charge in [-0.15, -0.1) is 0 Å². The predicted molar refractivity (Wildman–Crippen MR) is 104 cm³/mol. The van der Waals surface area contributed by atoms with Gasteiger partial charge in [0.15, 0.2) is 8.32 Å². The Hall–Kier alpha value is -0.863. The van der Waals surface area contributed by atoms with Crippen molar-refractivity contribution in [2.45, 2.75) is 83.5 Å². The van der Waals surface area contributed by atoms with Crippen molar-refractivity contribution in [1.29, 1.82) is 0 Å². The fraction of sp³-hybridized carbons (Fsp3) is 0.619. The Balaban J connectivity index is 1.91. The molecule has 1 aromatic carbocycles. The summed E-state index contributed by atoms with van der Waals surface area (Å²) in [5.41, 5.74) is 2.96. The molecule has 23 heavy (non-hydrogen) atoms. The standard InChI is InChI=1S/C21H34OSi/c1-21(2,3)23(4,5)22-20-15-9-13-19(14-10-16-20)17-18-11-7-6-8-12-18/h6-8,11-12,17,20H,9-10,13-16H2,1-5H3. The van der Waals surface area contributed by atoms with E-state index in [9.17, 15) is 0 Å². The van der Waals surface area contributed by atoms with Crippen LogP contribution in [0.1, 0.15) is 64.9 Å². The van der Waals surface area contributed by atoms with Crippen molar-refractivity contribution in [2.75, 3.05) is 0 Å². The van der Waals surface area contributed by atoms with Crippen LogP contribution in [0.4, 0.5) is 0 Å². The highest BCUT2D eigenvalue weighted by Crippen LogP contribution is 2.39. The third-order valence-corrected chi connectivity index (χ3v) is 10.0. The monoisotopic (exact) mass is 330 g/mol. The summed E-state index contributed by atoms with van der Waals surface area (Å²) < 4.78 is 6.65. The van der Waals surface area contributed by atoms with Crippen LogP contribution >= 0.6 is 0 Å². The van der Waals surface area contributed by atoms with Crippen LogP contribution in [0.2, 0.25) is 18.1 Å². The lowest BCUT2D eigenvalue weighted by Gasteiger charge is -2.40. The Kier molecular flexibility index (Phi) is 6.27. The van der Waals surface area contributed by atoms with Crippen LogP contribution in [0.3, 0.4) is 0 Å². The number of benzene rings is 1. The lowest BCUT2D eigenvalue weighted by atomic mass is 9.93. The SMILES string of the molecule is CC(C)(C)[Si](C)(C)OC1CCCC(=Cc2ccccc2)CCC1. The van der Waals surface area contributed by atoms with Crippen molar-refractivity contribution in [3.8, 4) is 0 Å². The Morgan fingerprint density at radius 1 is 1.00 bits per heavy atom. The van der Waals surface area contributed by atoms with Crippen molar-refractivity contribution >= 4 is 14.4 Å². The van der Waals surface area contributed by atoms with Gasteiger partial charge in [-0.25, -0.2) is 0 Å². The molecule has 0 atom stereocenters. The van der Waals surface area contributed by atoms with E-state index in [4.69, 9.17) is 4.43 Å². The van der Waals surface area contributed by atoms with Crippen molar-refractivity contribution in [2.24, 2.45) is 0 Å². The zero-order valence-electron chi connectivity index (χ0n) is 15.7. The molecule has 0 aromatic heterocycles. The smallest absolute Gasteiger partial charge is 0.192 e. The van der Waals surface area contributed by atoms with E-state index >= 15 is 0 Å². The van der Waals surface area contributed by atoms with Crippen molar-refractivity contribution in [3.63, 3.8) is 0 Å². The van der Waals surface area contributed by atoms with Gasteiger partial charge in [0.2, 0.25) is 0 Å². The second-order valence-electron chi connectivity index (χ2n) is 8.50. The molecule has 1 nitrogen and oxygen atoms in total. The molecular formula is C21H34OSi. The molecule has 128 valence electrons. The summed E-state index contributed by atoms with van der Waals surface area (Å²) in [6, 6.07) is 10.7. The summed E-state index contributed by atoms with van der Waals surface area (Å²) in [5, 5.41) is 0.313. The number of hydrogen-bond acceptors (Lipinski definition) is 1. The fourth-order valence-electron chi connectivity index (χ4n) is 3.02. The maximum atomic E-state index is 6.65. The van der Waals surface area contributed by atoms with E-state index < -0.39 is 8.32 Å². The molecule has 1 aliphatic rings. The Bertz CT molecular complexity index is 498. The molecule has 2 heteroatoms. The molecule has 0 aliphatic heterocycles. The molecule has 1 saturated carbocycles. The van der Waals surface area contributed by atoms with Gasteiger partial charge in [-0.05, 0) is 62.2 Å². The number of allylic oxidation sites excluding steroid dienone is 1. The molecule has 1 fully saturated rings. The van der Waals surface area contributed by atoms with Gasteiger partial charge in [0.05, 0.1) is 0 Å². The minimum atomic E-state index is -1.62. The van der Waals surface area contributed by atoms with Gasteiger partial charge >= 0.3 is 0 Å². The lowest BCUT2D eigenvalue weighted by molar-refractivity contribution is 0.153. The van der Waals surface area contributed by atoms with Gasteiger partial charge in [0, 0.05) is 6.10 Å². The minimum absolute atomic E-state index is 0.313. The van der Waals surface area contributed by atoms with Crippen molar-refractivity contribution in [3.05, 3.63) is 41.5 Å². The second-order valence-corrected chi connectivity index (χ2v) is 13.3. The Labute approximate surface area is 144 Å². The molecule has 0 heterocycles. The average Bonchev–Trinajstić information content (AvgIpc) is 2.43. The molecule has 2 rings (SSSR count). The van der Waals surface area contributed by atoms with Gasteiger partial charge in [0.1, 0.15) is 0 Å². The highest BCUT2D eigenvalue weighted by Gasteiger charge is 2.39. The molecule has 0 N–H and O–H groups in total. The molecule has 0 radical (unpaired) electrons. The van der Waals surface area contributed by atoms with E-state index in [1.54, 1.807) is 5.57 Å². The molecule has 0 spiro atoms. The summed E-state index contributed by atoms with van der Waals surface area (Å²) in [5.74, 6) is 0. The van der Waals surface area contributed by atoms with E-state index in [0.29, 0.717) is 11.1 Å². The predicted octanol–water partition coefficient (Wildman–Crippen LogP) is 6.81. The van der Waals surface area contributed by atoms with Crippen LogP contribution < -0.4 is 0 Å². The summed E-state index contributed by atoms with van der Waals surface area (Å²) in [6.45, 7) is 11.8. The summed E-state index contributed by atoms with van der Waals surface area (Å²) in [6.07, 6.45) is 10.3. The molecule has 0 saturated heterocycles. The molecule has 0 unspecified atom stereocenters. The van der Waals surface area contributed by atoms with Crippen LogP contribution in [-0.4, -0.2) is 14.4 Å². The molecule has 0 amide bonds. The summed E-state index contributed by atoms with van der Waals surface area (Å²) >= 11 is 0. The number of hydrogen-bond donors (Lipinski definition) is 0. The maximum Gasteiger partial charge on any atom is 0.192 e. The highest BCUT2D eigenvalue weighted by molar-refractivity contribution is 6.74. The van der Waals surface area contributed by atoms with Crippen LogP contribution in [0.25, 0.3) is 6.08 Å². The van der Waals surface area contributed by atoms with E-state index in [1.165, 1.54) is 44.1 Å². The van der Waals surface area contributed by atoms with Crippen LogP contribution in [0.15, 0.2) is 35.9 Å². The maximum absolute atomic E-state index is 6.65. The lowest BCUT2D eigenvalue weighted by Crippen LogP contribution is -2.44. The quantitative estimate of drug-likeness (QED) is 0.553. The van der Waals surface area contributed by atoms with Gasteiger partial charge in [-0.2, -0.15) is 0 Å². The van der Waals surface area contributed by atoms with E-state index in [-0.39, 0.29) is 0 Å². The fourth-order valence-corrected chi connectivity index (χ4v) is 4.45. The van der Waals surface area contributed by atoms with Gasteiger partial charge in [0.25, 0.3) is 0 Å². The first-order valence-corrected chi connectivity index (χ1v) is 12.1. The average molecular weight is 331 g/mol. The second kappa shape index (κ2) is 7.81. The third kappa shape index (κ3) is 5.61. The zero-order chi connectivity index (χ0) is 16.9. The summed E-state index contributed by atoms with van der Waals surface area (Å²) in [7, 11) is -1.62. The van der Waals surface area contributed by atoms with Crippen LogP contribution in [0, 0.1) is 0 Å².